The highest BCUT2D eigenvalue weighted by Crippen LogP contribution is 2.29. The summed E-state index contributed by atoms with van der Waals surface area (Å²) in [6, 6.07) is 5.40. The van der Waals surface area contributed by atoms with E-state index in [1.807, 2.05) is 12.1 Å². The molecule has 0 radical (unpaired) electrons. The molecule has 0 aromatic heterocycles. The van der Waals surface area contributed by atoms with Gasteiger partial charge in [0, 0.05) is 36.9 Å². The second-order valence-corrected chi connectivity index (χ2v) is 5.12. The van der Waals surface area contributed by atoms with Gasteiger partial charge in [0.05, 0.1) is 5.02 Å². The molecule has 0 saturated heterocycles. The van der Waals surface area contributed by atoms with E-state index in [4.69, 9.17) is 17.3 Å². The molecular weight excluding hydrogens is 244 g/mol. The number of hydrogen-bond donors (Lipinski definition) is 1. The van der Waals surface area contributed by atoms with Gasteiger partial charge in [-0.15, -0.1) is 11.8 Å². The molecule has 1 aromatic rings. The third-order valence-corrected chi connectivity index (χ3v) is 3.53. The maximum absolute atomic E-state index is 11.3. The van der Waals surface area contributed by atoms with Crippen molar-refractivity contribution in [2.24, 2.45) is 0 Å². The molecule has 0 heterocycles. The van der Waals surface area contributed by atoms with Crippen LogP contribution in [0.4, 0.5) is 5.69 Å². The lowest BCUT2D eigenvalue weighted by Gasteiger charge is -2.10. The molecule has 1 rings (SSSR count). The summed E-state index contributed by atoms with van der Waals surface area (Å²) in [6.45, 7) is 0. The van der Waals surface area contributed by atoms with Gasteiger partial charge in [0.15, 0.2) is 0 Å². The molecular formula is C11H15ClN2OS. The zero-order valence-corrected chi connectivity index (χ0v) is 10.9. The quantitative estimate of drug-likeness (QED) is 0.667. The van der Waals surface area contributed by atoms with Crippen LogP contribution in [0.25, 0.3) is 0 Å². The Hall–Kier alpha value is -0.870. The Morgan fingerprint density at radius 2 is 2.19 bits per heavy atom. The van der Waals surface area contributed by atoms with Gasteiger partial charge in [0.25, 0.3) is 0 Å². The van der Waals surface area contributed by atoms with Gasteiger partial charge >= 0.3 is 0 Å². The van der Waals surface area contributed by atoms with Gasteiger partial charge in [-0.1, -0.05) is 11.6 Å². The first-order valence-electron chi connectivity index (χ1n) is 4.88. The van der Waals surface area contributed by atoms with Gasteiger partial charge in [-0.05, 0) is 18.2 Å². The summed E-state index contributed by atoms with van der Waals surface area (Å²) in [5, 5.41) is 0.641. The predicted molar refractivity (Wildman–Crippen MR) is 69.9 cm³/mol. The minimum absolute atomic E-state index is 0.124. The van der Waals surface area contributed by atoms with Crippen molar-refractivity contribution in [3.8, 4) is 0 Å². The fourth-order valence-electron chi connectivity index (χ4n) is 1.11. The zero-order chi connectivity index (χ0) is 12.1. The molecule has 0 aliphatic carbocycles. The van der Waals surface area contributed by atoms with E-state index in [9.17, 15) is 4.79 Å². The topological polar surface area (TPSA) is 46.3 Å². The normalized spacial score (nSPS) is 10.2. The van der Waals surface area contributed by atoms with Crippen LogP contribution in [-0.2, 0) is 4.79 Å². The van der Waals surface area contributed by atoms with Crippen molar-refractivity contribution < 1.29 is 4.79 Å². The first-order valence-corrected chi connectivity index (χ1v) is 6.25. The molecule has 2 N–H and O–H groups in total. The average Bonchev–Trinajstić information content (AvgIpc) is 2.20. The lowest BCUT2D eigenvalue weighted by atomic mass is 10.3. The van der Waals surface area contributed by atoms with Gasteiger partial charge in [0.2, 0.25) is 5.91 Å². The van der Waals surface area contributed by atoms with E-state index in [0.717, 1.165) is 10.6 Å². The number of benzene rings is 1. The number of hydrogen-bond acceptors (Lipinski definition) is 3. The van der Waals surface area contributed by atoms with Crippen LogP contribution < -0.4 is 5.73 Å². The SMILES string of the molecule is CN(C)C(=O)CCSc1ccc(N)cc1Cl. The predicted octanol–water partition coefficient (Wildman–Crippen LogP) is 2.49. The molecule has 3 nitrogen and oxygen atoms in total. The minimum Gasteiger partial charge on any atom is -0.399 e. The first-order chi connectivity index (χ1) is 7.50. The number of halogens is 1. The third-order valence-electron chi connectivity index (χ3n) is 2.03. The summed E-state index contributed by atoms with van der Waals surface area (Å²) in [4.78, 5) is 13.9. The minimum atomic E-state index is 0.124. The first kappa shape index (κ1) is 13.2. The van der Waals surface area contributed by atoms with Crippen molar-refractivity contribution in [2.45, 2.75) is 11.3 Å². The highest BCUT2D eigenvalue weighted by molar-refractivity contribution is 7.99. The fraction of sp³-hybridized carbons (Fsp3) is 0.364. The van der Waals surface area contributed by atoms with E-state index in [0.29, 0.717) is 17.1 Å². The molecule has 5 heteroatoms. The molecule has 0 saturated carbocycles. The Kier molecular flexibility index (Phi) is 4.96. The Morgan fingerprint density at radius 1 is 1.50 bits per heavy atom. The molecule has 16 heavy (non-hydrogen) atoms. The fourth-order valence-corrected chi connectivity index (χ4v) is 2.32. The summed E-state index contributed by atoms with van der Waals surface area (Å²) in [5.41, 5.74) is 6.24. The van der Waals surface area contributed by atoms with Crippen molar-refractivity contribution in [3.05, 3.63) is 23.2 Å². The Balaban J connectivity index is 2.46. The molecule has 0 aliphatic rings. The van der Waals surface area contributed by atoms with Crippen molar-refractivity contribution in [1.82, 2.24) is 4.90 Å². The number of nitrogens with zero attached hydrogens (tertiary/aromatic N) is 1. The monoisotopic (exact) mass is 258 g/mol. The van der Waals surface area contributed by atoms with Crippen LogP contribution in [0.15, 0.2) is 23.1 Å². The summed E-state index contributed by atoms with van der Waals surface area (Å²) in [6.07, 6.45) is 0.512. The molecule has 0 fully saturated rings. The molecule has 1 amide bonds. The summed E-state index contributed by atoms with van der Waals surface area (Å²) in [7, 11) is 3.51. The van der Waals surface area contributed by atoms with Gasteiger partial charge < -0.3 is 10.6 Å². The number of thioether (sulfide) groups is 1. The number of anilines is 1. The van der Waals surface area contributed by atoms with Gasteiger partial charge in [-0.2, -0.15) is 0 Å². The van der Waals surface area contributed by atoms with Gasteiger partial charge in [-0.25, -0.2) is 0 Å². The maximum Gasteiger partial charge on any atom is 0.222 e. The van der Waals surface area contributed by atoms with Crippen molar-refractivity contribution in [3.63, 3.8) is 0 Å². The van der Waals surface area contributed by atoms with Gasteiger partial charge in [-0.3, -0.25) is 4.79 Å². The standard InChI is InChI=1S/C11H15ClN2OS/c1-14(2)11(15)5-6-16-10-4-3-8(13)7-9(10)12/h3-4,7H,5-6,13H2,1-2H3. The van der Waals surface area contributed by atoms with Crippen LogP contribution in [0.5, 0.6) is 0 Å². The average molecular weight is 259 g/mol. The molecule has 0 bridgehead atoms. The Labute approximate surface area is 105 Å². The number of carbonyl (C=O) groups excluding carboxylic acids is 1. The van der Waals surface area contributed by atoms with E-state index in [-0.39, 0.29) is 5.91 Å². The smallest absolute Gasteiger partial charge is 0.222 e. The van der Waals surface area contributed by atoms with Crippen LogP contribution >= 0.6 is 23.4 Å². The number of carbonyl (C=O) groups is 1. The largest absolute Gasteiger partial charge is 0.399 e. The van der Waals surface area contributed by atoms with Crippen molar-refractivity contribution in [2.75, 3.05) is 25.6 Å². The Bertz CT molecular complexity index is 382. The number of rotatable bonds is 4. The highest BCUT2D eigenvalue weighted by atomic mass is 35.5. The van der Waals surface area contributed by atoms with Crippen LogP contribution in [-0.4, -0.2) is 30.7 Å². The molecule has 0 aliphatic heterocycles. The molecule has 1 aromatic carbocycles. The summed E-state index contributed by atoms with van der Waals surface area (Å²) >= 11 is 7.58. The highest BCUT2D eigenvalue weighted by Gasteiger charge is 2.06. The van der Waals surface area contributed by atoms with E-state index in [2.05, 4.69) is 0 Å². The maximum atomic E-state index is 11.3. The summed E-state index contributed by atoms with van der Waals surface area (Å²) < 4.78 is 0. The lowest BCUT2D eigenvalue weighted by Crippen LogP contribution is -2.21. The van der Waals surface area contributed by atoms with Crippen LogP contribution in [0.1, 0.15) is 6.42 Å². The Morgan fingerprint density at radius 3 is 2.75 bits per heavy atom. The van der Waals surface area contributed by atoms with Crippen molar-refractivity contribution in [1.29, 1.82) is 0 Å². The summed E-state index contributed by atoms with van der Waals surface area (Å²) in [5.74, 6) is 0.847. The van der Waals surface area contributed by atoms with E-state index in [1.54, 1.807) is 36.8 Å². The number of amides is 1. The zero-order valence-electron chi connectivity index (χ0n) is 9.37. The third kappa shape index (κ3) is 3.94. The van der Waals surface area contributed by atoms with Crippen molar-refractivity contribution >= 4 is 35.0 Å². The second kappa shape index (κ2) is 6.01. The van der Waals surface area contributed by atoms with E-state index >= 15 is 0 Å². The van der Waals surface area contributed by atoms with Gasteiger partial charge in [0.1, 0.15) is 0 Å². The second-order valence-electron chi connectivity index (χ2n) is 3.58. The molecule has 0 spiro atoms. The molecule has 0 atom stereocenters. The molecule has 88 valence electrons. The van der Waals surface area contributed by atoms with E-state index < -0.39 is 0 Å². The van der Waals surface area contributed by atoms with Crippen LogP contribution in [0.2, 0.25) is 5.02 Å². The number of nitrogens with two attached hydrogens (primary N) is 1. The van der Waals surface area contributed by atoms with Crippen LogP contribution in [0.3, 0.4) is 0 Å². The van der Waals surface area contributed by atoms with Crippen LogP contribution in [0, 0.1) is 0 Å². The number of nitrogen functional groups attached to an aromatic ring is 1. The molecule has 0 unspecified atom stereocenters. The lowest BCUT2D eigenvalue weighted by molar-refractivity contribution is -0.128. The van der Waals surface area contributed by atoms with E-state index in [1.165, 1.54) is 0 Å².